The Labute approximate surface area is 129 Å². The van der Waals surface area contributed by atoms with Crippen LogP contribution < -0.4 is 10.6 Å². The number of carbonyl (C=O) groups is 2. The first-order valence-corrected chi connectivity index (χ1v) is 8.11. The minimum atomic E-state index is -1.06. The SMILES string of the molecule is CCC(NC(=O)NCc1nc(C(=O)O)cs1)c1cccs1. The number of carbonyl (C=O) groups excluding carboxylic acids is 1. The van der Waals surface area contributed by atoms with Crippen molar-refractivity contribution in [1.29, 1.82) is 0 Å². The van der Waals surface area contributed by atoms with Gasteiger partial charge in [0.1, 0.15) is 5.01 Å². The van der Waals surface area contributed by atoms with E-state index in [-0.39, 0.29) is 24.3 Å². The zero-order valence-corrected chi connectivity index (χ0v) is 13.0. The van der Waals surface area contributed by atoms with E-state index in [1.807, 2.05) is 24.4 Å². The molecule has 2 aromatic heterocycles. The van der Waals surface area contributed by atoms with Crippen LogP contribution in [0.3, 0.4) is 0 Å². The number of hydrogen-bond acceptors (Lipinski definition) is 5. The normalized spacial score (nSPS) is 11.9. The van der Waals surface area contributed by atoms with Crippen LogP contribution in [0.25, 0.3) is 0 Å². The van der Waals surface area contributed by atoms with E-state index in [1.54, 1.807) is 11.3 Å². The molecule has 1 atom stereocenters. The molecule has 2 aromatic rings. The van der Waals surface area contributed by atoms with Crippen molar-refractivity contribution >= 4 is 34.7 Å². The van der Waals surface area contributed by atoms with Gasteiger partial charge in [-0.1, -0.05) is 13.0 Å². The third-order valence-electron chi connectivity index (χ3n) is 2.77. The Bertz CT molecular complexity index is 610. The van der Waals surface area contributed by atoms with E-state index in [0.717, 1.165) is 11.3 Å². The number of nitrogens with one attached hydrogen (secondary N) is 2. The van der Waals surface area contributed by atoms with Gasteiger partial charge in [-0.15, -0.1) is 22.7 Å². The number of amides is 2. The van der Waals surface area contributed by atoms with E-state index in [4.69, 9.17) is 5.11 Å². The molecule has 0 spiro atoms. The molecule has 0 saturated carbocycles. The molecular weight excluding hydrogens is 310 g/mol. The van der Waals surface area contributed by atoms with Crippen LogP contribution in [0, 0.1) is 0 Å². The second-order valence-electron chi connectivity index (χ2n) is 4.23. The van der Waals surface area contributed by atoms with Gasteiger partial charge in [0, 0.05) is 10.3 Å². The quantitative estimate of drug-likeness (QED) is 0.761. The molecule has 112 valence electrons. The summed E-state index contributed by atoms with van der Waals surface area (Å²) in [7, 11) is 0. The second-order valence-corrected chi connectivity index (χ2v) is 6.16. The number of urea groups is 1. The number of aromatic carboxylic acids is 1. The number of nitrogens with zero attached hydrogens (tertiary/aromatic N) is 1. The molecule has 0 aromatic carbocycles. The Morgan fingerprint density at radius 1 is 1.43 bits per heavy atom. The molecule has 0 fully saturated rings. The summed E-state index contributed by atoms with van der Waals surface area (Å²) in [5, 5.41) is 18.3. The van der Waals surface area contributed by atoms with Gasteiger partial charge >= 0.3 is 12.0 Å². The van der Waals surface area contributed by atoms with Crippen LogP contribution in [-0.4, -0.2) is 22.1 Å². The van der Waals surface area contributed by atoms with Crippen LogP contribution in [0.5, 0.6) is 0 Å². The molecule has 2 rings (SSSR count). The molecule has 1 unspecified atom stereocenters. The Kier molecular flexibility index (Phi) is 5.29. The van der Waals surface area contributed by atoms with E-state index < -0.39 is 5.97 Å². The van der Waals surface area contributed by atoms with Crippen LogP contribution in [0.4, 0.5) is 4.79 Å². The molecule has 0 bridgehead atoms. The highest BCUT2D eigenvalue weighted by atomic mass is 32.1. The van der Waals surface area contributed by atoms with Gasteiger partial charge in [-0.3, -0.25) is 0 Å². The fourth-order valence-electron chi connectivity index (χ4n) is 1.72. The summed E-state index contributed by atoms with van der Waals surface area (Å²) in [6, 6.07) is 3.63. The second kappa shape index (κ2) is 7.19. The Hall–Kier alpha value is -1.93. The topological polar surface area (TPSA) is 91.3 Å². The predicted octanol–water partition coefficient (Wildman–Crippen LogP) is 2.85. The van der Waals surface area contributed by atoms with E-state index >= 15 is 0 Å². The summed E-state index contributed by atoms with van der Waals surface area (Å²) < 4.78 is 0. The number of carboxylic acid groups (broad SMARTS) is 1. The standard InChI is InChI=1S/C13H15N3O3S2/c1-2-8(10-4-3-5-20-10)16-13(19)14-6-11-15-9(7-21-11)12(17)18/h3-5,7-8H,2,6H2,1H3,(H,17,18)(H2,14,16,19). The number of aromatic nitrogens is 1. The third-order valence-corrected chi connectivity index (χ3v) is 4.61. The van der Waals surface area contributed by atoms with Crippen molar-refractivity contribution in [3.8, 4) is 0 Å². The smallest absolute Gasteiger partial charge is 0.355 e. The summed E-state index contributed by atoms with van der Waals surface area (Å²) in [5.41, 5.74) is 0.00206. The van der Waals surface area contributed by atoms with Crippen molar-refractivity contribution in [2.45, 2.75) is 25.9 Å². The van der Waals surface area contributed by atoms with Gasteiger partial charge in [0.15, 0.2) is 5.69 Å². The highest BCUT2D eigenvalue weighted by molar-refractivity contribution is 7.10. The first kappa shape index (κ1) is 15.5. The van der Waals surface area contributed by atoms with Gasteiger partial charge in [0.25, 0.3) is 0 Å². The summed E-state index contributed by atoms with van der Waals surface area (Å²) in [5.74, 6) is -1.06. The monoisotopic (exact) mass is 325 g/mol. The van der Waals surface area contributed by atoms with E-state index in [1.165, 1.54) is 16.7 Å². The molecule has 0 radical (unpaired) electrons. The van der Waals surface area contributed by atoms with E-state index in [0.29, 0.717) is 5.01 Å². The molecular formula is C13H15N3O3S2. The van der Waals surface area contributed by atoms with Gasteiger partial charge in [-0.05, 0) is 17.9 Å². The lowest BCUT2D eigenvalue weighted by Gasteiger charge is -2.15. The van der Waals surface area contributed by atoms with Gasteiger partial charge < -0.3 is 15.7 Å². The molecule has 2 amide bonds. The average Bonchev–Trinajstić information content (AvgIpc) is 3.13. The Morgan fingerprint density at radius 2 is 2.24 bits per heavy atom. The lowest BCUT2D eigenvalue weighted by Crippen LogP contribution is -2.37. The highest BCUT2D eigenvalue weighted by Crippen LogP contribution is 2.21. The van der Waals surface area contributed by atoms with Crippen molar-refractivity contribution < 1.29 is 14.7 Å². The van der Waals surface area contributed by atoms with Gasteiger partial charge in [-0.2, -0.15) is 0 Å². The fourth-order valence-corrected chi connectivity index (χ4v) is 3.29. The zero-order chi connectivity index (χ0) is 15.2. The lowest BCUT2D eigenvalue weighted by molar-refractivity contribution is 0.0691. The minimum absolute atomic E-state index is 0.00206. The van der Waals surface area contributed by atoms with E-state index in [9.17, 15) is 9.59 Å². The molecule has 0 aliphatic heterocycles. The maximum Gasteiger partial charge on any atom is 0.355 e. The van der Waals surface area contributed by atoms with E-state index in [2.05, 4.69) is 15.6 Å². The third kappa shape index (κ3) is 4.27. The van der Waals surface area contributed by atoms with Crippen LogP contribution in [-0.2, 0) is 6.54 Å². The maximum absolute atomic E-state index is 11.9. The number of carboxylic acids is 1. The van der Waals surface area contributed by atoms with Crippen molar-refractivity contribution in [1.82, 2.24) is 15.6 Å². The Morgan fingerprint density at radius 3 is 2.81 bits per heavy atom. The van der Waals surface area contributed by atoms with Crippen molar-refractivity contribution in [2.75, 3.05) is 0 Å². The lowest BCUT2D eigenvalue weighted by atomic mass is 10.2. The molecule has 0 aliphatic carbocycles. The summed E-state index contributed by atoms with van der Waals surface area (Å²) >= 11 is 2.81. The van der Waals surface area contributed by atoms with Crippen molar-refractivity contribution in [2.24, 2.45) is 0 Å². The summed E-state index contributed by atoms with van der Waals surface area (Å²) in [4.78, 5) is 27.6. The number of thiazole rings is 1. The molecule has 6 nitrogen and oxygen atoms in total. The number of thiophene rings is 1. The summed E-state index contributed by atoms with van der Waals surface area (Å²) in [6.07, 6.45) is 0.800. The predicted molar refractivity (Wildman–Crippen MR) is 81.8 cm³/mol. The molecule has 0 saturated heterocycles. The molecule has 8 heteroatoms. The highest BCUT2D eigenvalue weighted by Gasteiger charge is 2.14. The van der Waals surface area contributed by atoms with Gasteiger partial charge in [-0.25, -0.2) is 14.6 Å². The van der Waals surface area contributed by atoms with Gasteiger partial charge in [0.05, 0.1) is 12.6 Å². The molecule has 2 heterocycles. The first-order valence-electron chi connectivity index (χ1n) is 6.35. The zero-order valence-electron chi connectivity index (χ0n) is 11.3. The van der Waals surface area contributed by atoms with Gasteiger partial charge in [0.2, 0.25) is 0 Å². The minimum Gasteiger partial charge on any atom is -0.476 e. The molecule has 21 heavy (non-hydrogen) atoms. The number of rotatable bonds is 6. The van der Waals surface area contributed by atoms with Crippen LogP contribution >= 0.6 is 22.7 Å². The van der Waals surface area contributed by atoms with Crippen molar-refractivity contribution in [3.63, 3.8) is 0 Å². The van der Waals surface area contributed by atoms with Crippen molar-refractivity contribution in [3.05, 3.63) is 38.5 Å². The van der Waals surface area contributed by atoms with Crippen LogP contribution in [0.15, 0.2) is 22.9 Å². The average molecular weight is 325 g/mol. The molecule has 3 N–H and O–H groups in total. The largest absolute Gasteiger partial charge is 0.476 e. The first-order chi connectivity index (χ1) is 10.1. The summed E-state index contributed by atoms with van der Waals surface area (Å²) in [6.45, 7) is 2.22. The fraction of sp³-hybridized carbons (Fsp3) is 0.308. The molecule has 0 aliphatic rings. The maximum atomic E-state index is 11.9. The number of hydrogen-bond donors (Lipinski definition) is 3. The van der Waals surface area contributed by atoms with Crippen LogP contribution in [0.2, 0.25) is 0 Å². The Balaban J connectivity index is 1.85. The van der Waals surface area contributed by atoms with Crippen LogP contribution in [0.1, 0.15) is 39.8 Å².